The van der Waals surface area contributed by atoms with Crippen molar-refractivity contribution in [2.45, 2.75) is 39.2 Å². The Hall–Kier alpha value is -1.58. The first-order chi connectivity index (χ1) is 9.09. The molecule has 1 aromatic rings. The van der Waals surface area contributed by atoms with Gasteiger partial charge in [-0.1, -0.05) is 12.1 Å². The average Bonchev–Trinajstić information content (AvgIpc) is 2.43. The monoisotopic (exact) mass is 264 g/mol. The van der Waals surface area contributed by atoms with E-state index in [-0.39, 0.29) is 11.7 Å². The van der Waals surface area contributed by atoms with Crippen LogP contribution in [0.25, 0.3) is 0 Å². The van der Waals surface area contributed by atoms with Crippen molar-refractivity contribution in [1.29, 1.82) is 0 Å². The summed E-state index contributed by atoms with van der Waals surface area (Å²) in [5, 5.41) is 3.01. The number of carbonyl (C=O) groups is 1. The van der Waals surface area contributed by atoms with E-state index in [1.165, 1.54) is 12.5 Å². The number of anilines is 1. The SMILES string of the molecule is Cc1cccc(F)c1NC(C)C(=O)N1CCCCC1. The molecule has 4 heteroatoms. The lowest BCUT2D eigenvalue weighted by Gasteiger charge is -2.30. The molecule has 1 fully saturated rings. The maximum absolute atomic E-state index is 13.7. The van der Waals surface area contributed by atoms with E-state index in [1.807, 2.05) is 17.9 Å². The fourth-order valence-electron chi connectivity index (χ4n) is 2.48. The molecule has 1 saturated heterocycles. The summed E-state index contributed by atoms with van der Waals surface area (Å²) in [5.41, 5.74) is 1.25. The summed E-state index contributed by atoms with van der Waals surface area (Å²) in [7, 11) is 0. The molecule has 0 spiro atoms. The normalized spacial score (nSPS) is 17.1. The summed E-state index contributed by atoms with van der Waals surface area (Å²) in [6.45, 7) is 5.27. The summed E-state index contributed by atoms with van der Waals surface area (Å²) in [4.78, 5) is 14.1. The summed E-state index contributed by atoms with van der Waals surface area (Å²) in [5.74, 6) is -0.249. The zero-order valence-corrected chi connectivity index (χ0v) is 11.6. The van der Waals surface area contributed by atoms with E-state index in [0.717, 1.165) is 31.5 Å². The lowest BCUT2D eigenvalue weighted by atomic mass is 10.1. The van der Waals surface area contributed by atoms with Gasteiger partial charge in [0.1, 0.15) is 11.9 Å². The van der Waals surface area contributed by atoms with Gasteiger partial charge < -0.3 is 10.2 Å². The first kappa shape index (κ1) is 13.8. The van der Waals surface area contributed by atoms with Crippen molar-refractivity contribution in [2.24, 2.45) is 0 Å². The summed E-state index contributed by atoms with van der Waals surface area (Å²) >= 11 is 0. The van der Waals surface area contributed by atoms with Crippen LogP contribution in [0, 0.1) is 12.7 Å². The highest BCUT2D eigenvalue weighted by molar-refractivity contribution is 5.84. The van der Waals surface area contributed by atoms with Crippen LogP contribution in [0.15, 0.2) is 18.2 Å². The lowest BCUT2D eigenvalue weighted by Crippen LogP contribution is -2.44. The minimum absolute atomic E-state index is 0.0577. The number of amides is 1. The number of para-hydroxylation sites is 1. The zero-order valence-electron chi connectivity index (χ0n) is 11.6. The van der Waals surface area contributed by atoms with Crippen LogP contribution in [0.5, 0.6) is 0 Å². The largest absolute Gasteiger partial charge is 0.371 e. The molecule has 0 saturated carbocycles. The van der Waals surface area contributed by atoms with Crippen molar-refractivity contribution in [3.05, 3.63) is 29.6 Å². The van der Waals surface area contributed by atoms with Crippen molar-refractivity contribution >= 4 is 11.6 Å². The first-order valence-corrected chi connectivity index (χ1v) is 6.90. The van der Waals surface area contributed by atoms with E-state index < -0.39 is 6.04 Å². The van der Waals surface area contributed by atoms with Gasteiger partial charge in [0.25, 0.3) is 0 Å². The molecule has 2 rings (SSSR count). The van der Waals surface area contributed by atoms with E-state index in [0.29, 0.717) is 5.69 Å². The van der Waals surface area contributed by atoms with Gasteiger partial charge in [-0.25, -0.2) is 4.39 Å². The summed E-state index contributed by atoms with van der Waals surface area (Å²) < 4.78 is 13.7. The fraction of sp³-hybridized carbons (Fsp3) is 0.533. The molecule has 1 unspecified atom stereocenters. The minimum Gasteiger partial charge on any atom is -0.371 e. The molecule has 0 aliphatic carbocycles. The molecular weight excluding hydrogens is 243 g/mol. The van der Waals surface area contributed by atoms with Crippen LogP contribution in [0.4, 0.5) is 10.1 Å². The molecule has 1 aromatic carbocycles. The van der Waals surface area contributed by atoms with Crippen molar-refractivity contribution in [3.8, 4) is 0 Å². The molecule has 19 heavy (non-hydrogen) atoms. The third-order valence-corrected chi connectivity index (χ3v) is 3.62. The highest BCUT2D eigenvalue weighted by Gasteiger charge is 2.22. The second-order valence-electron chi connectivity index (χ2n) is 5.18. The number of piperidine rings is 1. The van der Waals surface area contributed by atoms with Gasteiger partial charge in [0, 0.05) is 13.1 Å². The van der Waals surface area contributed by atoms with Gasteiger partial charge in [-0.2, -0.15) is 0 Å². The molecule has 1 atom stereocenters. The molecule has 3 nitrogen and oxygen atoms in total. The Balaban J connectivity index is 2.03. The van der Waals surface area contributed by atoms with Crippen LogP contribution >= 0.6 is 0 Å². The second-order valence-corrected chi connectivity index (χ2v) is 5.18. The zero-order chi connectivity index (χ0) is 13.8. The van der Waals surface area contributed by atoms with E-state index in [4.69, 9.17) is 0 Å². The molecule has 0 aromatic heterocycles. The van der Waals surface area contributed by atoms with Crippen LogP contribution < -0.4 is 5.32 Å². The summed E-state index contributed by atoms with van der Waals surface area (Å²) in [6, 6.07) is 4.53. The third-order valence-electron chi connectivity index (χ3n) is 3.62. The maximum Gasteiger partial charge on any atom is 0.244 e. The second kappa shape index (κ2) is 6.04. The number of rotatable bonds is 3. The van der Waals surface area contributed by atoms with Gasteiger partial charge in [0.2, 0.25) is 5.91 Å². The number of hydrogen-bond donors (Lipinski definition) is 1. The lowest BCUT2D eigenvalue weighted by molar-refractivity contribution is -0.132. The van der Waals surface area contributed by atoms with Gasteiger partial charge in [-0.15, -0.1) is 0 Å². The van der Waals surface area contributed by atoms with Gasteiger partial charge in [-0.3, -0.25) is 4.79 Å². The highest BCUT2D eigenvalue weighted by Crippen LogP contribution is 2.20. The molecule has 1 aliphatic rings. The first-order valence-electron chi connectivity index (χ1n) is 6.90. The molecule has 1 N–H and O–H groups in total. The predicted octanol–water partition coefficient (Wildman–Crippen LogP) is 2.95. The molecule has 1 heterocycles. The van der Waals surface area contributed by atoms with Gasteiger partial charge in [-0.05, 0) is 44.7 Å². The van der Waals surface area contributed by atoms with Crippen LogP contribution in [-0.2, 0) is 4.79 Å². The number of aryl methyl sites for hydroxylation is 1. The Morgan fingerprint density at radius 1 is 1.32 bits per heavy atom. The van der Waals surface area contributed by atoms with Crippen LogP contribution in [-0.4, -0.2) is 29.9 Å². The van der Waals surface area contributed by atoms with E-state index in [2.05, 4.69) is 5.32 Å². The number of hydrogen-bond acceptors (Lipinski definition) is 2. The van der Waals surface area contributed by atoms with Crippen LogP contribution in [0.3, 0.4) is 0 Å². The highest BCUT2D eigenvalue weighted by atomic mass is 19.1. The Labute approximate surface area is 113 Å². The molecular formula is C15H21FN2O. The fourth-order valence-corrected chi connectivity index (χ4v) is 2.48. The van der Waals surface area contributed by atoms with Crippen molar-refractivity contribution in [1.82, 2.24) is 4.90 Å². The number of benzene rings is 1. The number of likely N-dealkylation sites (tertiary alicyclic amines) is 1. The van der Waals surface area contributed by atoms with E-state index in [1.54, 1.807) is 13.0 Å². The molecule has 104 valence electrons. The smallest absolute Gasteiger partial charge is 0.244 e. The Bertz CT molecular complexity index is 435. The predicted molar refractivity (Wildman–Crippen MR) is 74.7 cm³/mol. The third kappa shape index (κ3) is 3.25. The molecule has 1 aliphatic heterocycles. The Kier molecular flexibility index (Phi) is 4.40. The molecule has 0 radical (unpaired) electrons. The van der Waals surface area contributed by atoms with Crippen molar-refractivity contribution < 1.29 is 9.18 Å². The van der Waals surface area contributed by atoms with E-state index >= 15 is 0 Å². The van der Waals surface area contributed by atoms with Crippen molar-refractivity contribution in [2.75, 3.05) is 18.4 Å². The van der Waals surface area contributed by atoms with Crippen LogP contribution in [0.1, 0.15) is 31.7 Å². The Morgan fingerprint density at radius 3 is 2.63 bits per heavy atom. The number of halogens is 1. The molecule has 0 bridgehead atoms. The summed E-state index contributed by atoms with van der Waals surface area (Å²) in [6.07, 6.45) is 3.33. The van der Waals surface area contributed by atoms with E-state index in [9.17, 15) is 9.18 Å². The Morgan fingerprint density at radius 2 is 2.00 bits per heavy atom. The van der Waals surface area contributed by atoms with Crippen LogP contribution in [0.2, 0.25) is 0 Å². The van der Waals surface area contributed by atoms with Gasteiger partial charge >= 0.3 is 0 Å². The standard InChI is InChI=1S/C15H21FN2O/c1-11-7-6-8-13(16)14(11)17-12(2)15(19)18-9-4-3-5-10-18/h6-8,12,17H,3-5,9-10H2,1-2H3. The number of nitrogens with one attached hydrogen (secondary N) is 1. The topological polar surface area (TPSA) is 32.3 Å². The van der Waals surface area contributed by atoms with Gasteiger partial charge in [0.15, 0.2) is 0 Å². The minimum atomic E-state index is -0.395. The quantitative estimate of drug-likeness (QED) is 0.910. The maximum atomic E-state index is 13.7. The molecule has 1 amide bonds. The average molecular weight is 264 g/mol. The number of carbonyl (C=O) groups excluding carboxylic acids is 1. The van der Waals surface area contributed by atoms with Gasteiger partial charge in [0.05, 0.1) is 5.69 Å². The van der Waals surface area contributed by atoms with Crippen molar-refractivity contribution in [3.63, 3.8) is 0 Å². The number of nitrogens with zero attached hydrogens (tertiary/aromatic N) is 1.